The number of ether oxygens (including phenoxy) is 1. The van der Waals surface area contributed by atoms with Gasteiger partial charge in [-0.2, -0.15) is 0 Å². The summed E-state index contributed by atoms with van der Waals surface area (Å²) in [4.78, 5) is 15.6. The highest BCUT2D eigenvalue weighted by atomic mass is 32.2. The average molecular weight is 487 g/mol. The summed E-state index contributed by atoms with van der Waals surface area (Å²) in [5.41, 5.74) is 4.47. The lowest BCUT2D eigenvalue weighted by Gasteiger charge is -2.14. The number of rotatable bonds is 7. The van der Waals surface area contributed by atoms with Crippen LogP contribution in [-0.2, 0) is 23.5 Å². The molecule has 0 bridgehead atoms. The van der Waals surface area contributed by atoms with Crippen LogP contribution < -0.4 is 5.63 Å². The van der Waals surface area contributed by atoms with Gasteiger partial charge in [-0.15, -0.1) is 10.2 Å². The Labute approximate surface area is 206 Å². The number of benzene rings is 2. The van der Waals surface area contributed by atoms with E-state index in [2.05, 4.69) is 44.9 Å². The van der Waals surface area contributed by atoms with Crippen LogP contribution in [0.3, 0.4) is 0 Å². The molecule has 1 fully saturated rings. The van der Waals surface area contributed by atoms with E-state index in [9.17, 15) is 4.79 Å². The van der Waals surface area contributed by atoms with Crippen LogP contribution >= 0.6 is 11.8 Å². The van der Waals surface area contributed by atoms with Crippen molar-refractivity contribution in [2.24, 2.45) is 0 Å². The molecule has 3 aromatic heterocycles. The quantitative estimate of drug-likeness (QED) is 0.239. The van der Waals surface area contributed by atoms with Crippen LogP contribution in [0, 0.1) is 0 Å². The second-order valence-electron chi connectivity index (χ2n) is 8.86. The van der Waals surface area contributed by atoms with Crippen LogP contribution in [-0.4, -0.2) is 32.5 Å². The molecule has 1 unspecified atom stereocenters. The fraction of sp³-hybridized carbons (Fsp3) is 0.296. The molecule has 0 radical (unpaired) electrons. The fourth-order valence-electron chi connectivity index (χ4n) is 4.76. The maximum atomic E-state index is 12.3. The lowest BCUT2D eigenvalue weighted by Crippen LogP contribution is -2.16. The first-order valence-corrected chi connectivity index (χ1v) is 13.0. The van der Waals surface area contributed by atoms with Crippen LogP contribution in [0.15, 0.2) is 69.1 Å². The summed E-state index contributed by atoms with van der Waals surface area (Å²) >= 11 is 1.58. The zero-order valence-corrected chi connectivity index (χ0v) is 20.3. The molecular formula is C27H26N4O3S. The van der Waals surface area contributed by atoms with E-state index in [1.807, 2.05) is 30.5 Å². The third-order valence-corrected chi connectivity index (χ3v) is 7.63. The van der Waals surface area contributed by atoms with Gasteiger partial charge in [0.05, 0.1) is 12.6 Å². The molecule has 4 heterocycles. The van der Waals surface area contributed by atoms with Gasteiger partial charge in [-0.3, -0.25) is 4.57 Å². The van der Waals surface area contributed by atoms with E-state index in [-0.39, 0.29) is 11.7 Å². The van der Waals surface area contributed by atoms with Crippen LogP contribution in [0.25, 0.3) is 33.3 Å². The number of nitrogens with one attached hydrogen (secondary N) is 1. The summed E-state index contributed by atoms with van der Waals surface area (Å²) in [5, 5.41) is 12.1. The predicted octanol–water partition coefficient (Wildman–Crippen LogP) is 5.57. The summed E-state index contributed by atoms with van der Waals surface area (Å²) in [6.07, 6.45) is 5.13. The van der Waals surface area contributed by atoms with Gasteiger partial charge in [0, 0.05) is 46.5 Å². The SMILES string of the molecule is CCc1ccc2c(CSc3nnc(-c4c[nH]c5ccccc45)n3CC3CCCO3)cc(=O)oc2c1. The van der Waals surface area contributed by atoms with Crippen molar-refractivity contribution < 1.29 is 9.15 Å². The molecule has 1 atom stereocenters. The Hall–Kier alpha value is -3.36. The molecule has 35 heavy (non-hydrogen) atoms. The number of aryl methyl sites for hydroxylation is 1. The topological polar surface area (TPSA) is 85.9 Å². The van der Waals surface area contributed by atoms with Gasteiger partial charge in [0.2, 0.25) is 0 Å². The molecule has 6 rings (SSSR count). The van der Waals surface area contributed by atoms with Crippen molar-refractivity contribution in [1.82, 2.24) is 19.7 Å². The normalized spacial score (nSPS) is 16.0. The van der Waals surface area contributed by atoms with E-state index in [0.29, 0.717) is 17.9 Å². The molecule has 7 nitrogen and oxygen atoms in total. The molecule has 2 aromatic carbocycles. The minimum Gasteiger partial charge on any atom is -0.423 e. The number of H-pyrrole nitrogens is 1. The lowest BCUT2D eigenvalue weighted by atomic mass is 10.1. The molecule has 1 aliphatic rings. The Bertz CT molecular complexity index is 1560. The number of fused-ring (bicyclic) bond motifs is 2. The van der Waals surface area contributed by atoms with E-state index in [1.165, 1.54) is 0 Å². The van der Waals surface area contributed by atoms with Crippen molar-refractivity contribution in [2.75, 3.05) is 6.61 Å². The van der Waals surface area contributed by atoms with E-state index in [4.69, 9.17) is 9.15 Å². The van der Waals surface area contributed by atoms with E-state index in [1.54, 1.807) is 17.8 Å². The average Bonchev–Trinajstić information content (AvgIpc) is 3.62. The summed E-state index contributed by atoms with van der Waals surface area (Å²) in [6, 6.07) is 15.9. The number of hydrogen-bond donors (Lipinski definition) is 1. The molecule has 8 heteroatoms. The summed E-state index contributed by atoms with van der Waals surface area (Å²) in [5.74, 6) is 1.41. The zero-order chi connectivity index (χ0) is 23.8. The Morgan fingerprint density at radius 3 is 2.91 bits per heavy atom. The number of aromatic nitrogens is 4. The first kappa shape index (κ1) is 22.1. The first-order valence-electron chi connectivity index (χ1n) is 12.0. The Morgan fingerprint density at radius 1 is 1.14 bits per heavy atom. The monoisotopic (exact) mass is 486 g/mol. The third-order valence-electron chi connectivity index (χ3n) is 6.62. The van der Waals surface area contributed by atoms with Crippen molar-refractivity contribution in [2.45, 2.75) is 49.7 Å². The summed E-state index contributed by atoms with van der Waals surface area (Å²) in [7, 11) is 0. The number of hydrogen-bond acceptors (Lipinski definition) is 6. The molecule has 178 valence electrons. The van der Waals surface area contributed by atoms with Gasteiger partial charge in [0.1, 0.15) is 5.58 Å². The maximum absolute atomic E-state index is 12.3. The zero-order valence-electron chi connectivity index (χ0n) is 19.5. The number of aromatic amines is 1. The minimum atomic E-state index is -0.332. The van der Waals surface area contributed by atoms with Crippen molar-refractivity contribution in [3.05, 3.63) is 76.3 Å². The Morgan fingerprint density at radius 2 is 2.06 bits per heavy atom. The number of thioether (sulfide) groups is 1. The van der Waals surface area contributed by atoms with E-state index >= 15 is 0 Å². The molecule has 1 saturated heterocycles. The van der Waals surface area contributed by atoms with Gasteiger partial charge >= 0.3 is 5.63 Å². The van der Waals surface area contributed by atoms with Gasteiger partial charge in [0.25, 0.3) is 0 Å². The van der Waals surface area contributed by atoms with Crippen molar-refractivity contribution in [3.63, 3.8) is 0 Å². The maximum Gasteiger partial charge on any atom is 0.336 e. The Balaban J connectivity index is 1.36. The highest BCUT2D eigenvalue weighted by molar-refractivity contribution is 7.98. The smallest absolute Gasteiger partial charge is 0.336 e. The highest BCUT2D eigenvalue weighted by Crippen LogP contribution is 2.33. The van der Waals surface area contributed by atoms with Crippen LogP contribution in [0.5, 0.6) is 0 Å². The van der Waals surface area contributed by atoms with Crippen LogP contribution in [0.2, 0.25) is 0 Å². The molecule has 0 aliphatic carbocycles. The third kappa shape index (κ3) is 4.28. The number of para-hydroxylation sites is 1. The van der Waals surface area contributed by atoms with Gasteiger partial charge in [-0.05, 0) is 42.5 Å². The molecule has 1 N–H and O–H groups in total. The second kappa shape index (κ2) is 9.36. The van der Waals surface area contributed by atoms with Crippen molar-refractivity contribution in [3.8, 4) is 11.4 Å². The summed E-state index contributed by atoms with van der Waals surface area (Å²) < 4.78 is 13.6. The van der Waals surface area contributed by atoms with Gasteiger partial charge < -0.3 is 14.1 Å². The molecule has 0 spiro atoms. The molecule has 5 aromatic rings. The molecule has 0 saturated carbocycles. The minimum absolute atomic E-state index is 0.145. The second-order valence-corrected chi connectivity index (χ2v) is 9.81. The fourth-order valence-corrected chi connectivity index (χ4v) is 5.70. The predicted molar refractivity (Wildman–Crippen MR) is 138 cm³/mol. The van der Waals surface area contributed by atoms with Crippen LogP contribution in [0.4, 0.5) is 0 Å². The Kier molecular flexibility index (Phi) is 5.91. The van der Waals surface area contributed by atoms with Gasteiger partial charge in [-0.25, -0.2) is 4.79 Å². The molecule has 0 amide bonds. The molecule has 1 aliphatic heterocycles. The van der Waals surface area contributed by atoms with Crippen molar-refractivity contribution in [1.29, 1.82) is 0 Å². The van der Waals surface area contributed by atoms with E-state index in [0.717, 1.165) is 69.8 Å². The number of nitrogens with zero attached hydrogens (tertiary/aromatic N) is 3. The van der Waals surface area contributed by atoms with Gasteiger partial charge in [-0.1, -0.05) is 49.0 Å². The van der Waals surface area contributed by atoms with Crippen molar-refractivity contribution >= 4 is 33.6 Å². The van der Waals surface area contributed by atoms with E-state index < -0.39 is 0 Å². The first-order chi connectivity index (χ1) is 17.2. The summed E-state index contributed by atoms with van der Waals surface area (Å²) in [6.45, 7) is 3.58. The molecular weight excluding hydrogens is 460 g/mol. The van der Waals surface area contributed by atoms with Gasteiger partial charge in [0.15, 0.2) is 11.0 Å². The standard InChI is InChI=1S/C27H26N4O3S/c1-2-17-9-10-20-18(13-25(32)34-24(20)12-17)16-35-27-30-29-26(31(27)15-19-6-5-11-33-19)22-14-28-23-8-4-3-7-21(22)23/h3-4,7-10,12-14,19,28H,2,5-6,11,15-16H2,1H3. The highest BCUT2D eigenvalue weighted by Gasteiger charge is 2.23. The largest absolute Gasteiger partial charge is 0.423 e. The van der Waals surface area contributed by atoms with Crippen LogP contribution in [0.1, 0.15) is 30.9 Å². The lowest BCUT2D eigenvalue weighted by molar-refractivity contribution is 0.0953.